The van der Waals surface area contributed by atoms with Crippen molar-refractivity contribution >= 4 is 33.7 Å². The lowest BCUT2D eigenvalue weighted by atomic mass is 10.4. The topological polar surface area (TPSA) is 82.8 Å². The molecule has 0 spiro atoms. The van der Waals surface area contributed by atoms with Gasteiger partial charge < -0.3 is 4.98 Å². The van der Waals surface area contributed by atoms with Crippen LogP contribution in [0, 0.1) is 4.77 Å². The second kappa shape index (κ2) is 4.68. The predicted molar refractivity (Wildman–Crippen MR) is 69.2 cm³/mol. The lowest BCUT2D eigenvalue weighted by Crippen LogP contribution is -2.18. The molecule has 0 bridgehead atoms. The van der Waals surface area contributed by atoms with E-state index in [0.717, 1.165) is 6.20 Å². The summed E-state index contributed by atoms with van der Waals surface area (Å²) in [6, 6.07) is 5.90. The lowest BCUT2D eigenvalue weighted by Gasteiger charge is -2.04. The summed E-state index contributed by atoms with van der Waals surface area (Å²) in [6.45, 7) is 0. The summed E-state index contributed by atoms with van der Waals surface area (Å²) in [4.78, 5) is 15.7. The van der Waals surface area contributed by atoms with Gasteiger partial charge in [-0.05, 0) is 24.4 Å². The van der Waals surface area contributed by atoms with E-state index in [-0.39, 0.29) is 14.7 Å². The average Bonchev–Trinajstić information content (AvgIpc) is 2.28. The van der Waals surface area contributed by atoms with Crippen molar-refractivity contribution in [2.75, 3.05) is 0 Å². The second-order valence-electron chi connectivity index (χ2n) is 3.37. The molecule has 0 fully saturated rings. The molecule has 1 heterocycles. The van der Waals surface area contributed by atoms with Gasteiger partial charge in [0.1, 0.15) is 0 Å². The van der Waals surface area contributed by atoms with Crippen molar-refractivity contribution in [3.8, 4) is 0 Å². The van der Waals surface area contributed by atoms with Crippen LogP contribution in [0.1, 0.15) is 0 Å². The molecule has 0 amide bonds. The molecule has 2 N–H and O–H groups in total. The first kappa shape index (κ1) is 13.0. The summed E-state index contributed by atoms with van der Waals surface area (Å²) in [5.74, 6) is 0. The molecule has 1 aromatic heterocycles. The molecule has 1 aromatic carbocycles. The largest absolute Gasteiger partial charge is 0.337 e. The maximum atomic E-state index is 12.2. The Labute approximate surface area is 112 Å². The zero-order valence-electron chi connectivity index (χ0n) is 8.81. The van der Waals surface area contributed by atoms with Crippen molar-refractivity contribution in [1.29, 1.82) is 0 Å². The normalized spacial score (nSPS) is 11.4. The minimum absolute atomic E-state index is 0.0538. The molecule has 2 rings (SSSR count). The summed E-state index contributed by atoms with van der Waals surface area (Å²) in [7, 11) is -3.97. The van der Waals surface area contributed by atoms with E-state index in [4.69, 9.17) is 23.8 Å². The summed E-state index contributed by atoms with van der Waals surface area (Å²) >= 11 is 10.5. The number of benzene rings is 1. The second-order valence-corrected chi connectivity index (χ2v) is 6.07. The number of aromatic amines is 2. The molecule has 0 saturated carbocycles. The molecule has 0 atom stereocenters. The smallest absolute Gasteiger partial charge is 0.270 e. The monoisotopic (exact) mass is 302 g/mol. The zero-order valence-corrected chi connectivity index (χ0v) is 11.2. The molecule has 0 saturated heterocycles. The van der Waals surface area contributed by atoms with Crippen LogP contribution in [-0.4, -0.2) is 18.4 Å². The lowest BCUT2D eigenvalue weighted by molar-refractivity contribution is 0.594. The van der Waals surface area contributed by atoms with Gasteiger partial charge >= 0.3 is 0 Å². The first-order chi connectivity index (χ1) is 8.43. The van der Waals surface area contributed by atoms with Gasteiger partial charge in [-0.25, -0.2) is 8.42 Å². The van der Waals surface area contributed by atoms with E-state index in [1.165, 1.54) is 18.2 Å². The van der Waals surface area contributed by atoms with Crippen LogP contribution in [0.4, 0.5) is 0 Å². The van der Waals surface area contributed by atoms with Gasteiger partial charge in [-0.2, -0.15) is 0 Å². The van der Waals surface area contributed by atoms with Crippen LogP contribution in [0.3, 0.4) is 0 Å². The molecule has 8 heteroatoms. The SMILES string of the molecule is O=c1[nH]c(=S)[nH]cc1S(=O)(=O)c1ccccc1Cl. The highest BCUT2D eigenvalue weighted by molar-refractivity contribution is 7.91. The molecule has 2 aromatic rings. The molecule has 0 unspecified atom stereocenters. The first-order valence-electron chi connectivity index (χ1n) is 4.74. The summed E-state index contributed by atoms with van der Waals surface area (Å²) in [5, 5.41) is 0.0550. The van der Waals surface area contributed by atoms with Gasteiger partial charge in [0.2, 0.25) is 9.84 Å². The Morgan fingerprint density at radius 2 is 1.83 bits per heavy atom. The van der Waals surface area contributed by atoms with Crippen molar-refractivity contribution in [3.05, 3.63) is 50.6 Å². The Kier molecular flexibility index (Phi) is 3.38. The molecular formula is C10H7ClN2O3S2. The standard InChI is InChI=1S/C10H7ClN2O3S2/c11-6-3-1-2-4-7(6)18(15,16)8-5-12-10(17)13-9(8)14/h1-5H,(H2,12,13,14,17). The number of hydrogen-bond acceptors (Lipinski definition) is 4. The maximum absolute atomic E-state index is 12.2. The van der Waals surface area contributed by atoms with Crippen LogP contribution in [0.25, 0.3) is 0 Å². The van der Waals surface area contributed by atoms with Crippen molar-refractivity contribution in [3.63, 3.8) is 0 Å². The van der Waals surface area contributed by atoms with Crippen LogP contribution in [-0.2, 0) is 9.84 Å². The van der Waals surface area contributed by atoms with E-state index in [1.807, 2.05) is 0 Å². The number of aromatic nitrogens is 2. The van der Waals surface area contributed by atoms with Gasteiger partial charge in [0.05, 0.1) is 9.92 Å². The Bertz CT molecular complexity index is 808. The molecule has 18 heavy (non-hydrogen) atoms. The first-order valence-corrected chi connectivity index (χ1v) is 7.01. The fraction of sp³-hybridized carbons (Fsp3) is 0. The van der Waals surface area contributed by atoms with Gasteiger partial charge in [-0.3, -0.25) is 9.78 Å². The number of H-pyrrole nitrogens is 2. The third kappa shape index (κ3) is 2.24. The van der Waals surface area contributed by atoms with Gasteiger partial charge in [0.15, 0.2) is 9.67 Å². The van der Waals surface area contributed by atoms with E-state index in [2.05, 4.69) is 9.97 Å². The molecular weight excluding hydrogens is 296 g/mol. The van der Waals surface area contributed by atoms with Crippen LogP contribution in [0.15, 0.2) is 45.0 Å². The van der Waals surface area contributed by atoms with Crippen LogP contribution < -0.4 is 5.56 Å². The summed E-state index contributed by atoms with van der Waals surface area (Å²) < 4.78 is 24.5. The highest BCUT2D eigenvalue weighted by Gasteiger charge is 2.23. The molecule has 94 valence electrons. The highest BCUT2D eigenvalue weighted by Crippen LogP contribution is 2.24. The predicted octanol–water partition coefficient (Wildman–Crippen LogP) is 1.92. The van der Waals surface area contributed by atoms with Gasteiger partial charge in [0.25, 0.3) is 5.56 Å². The third-order valence-corrected chi connectivity index (χ3v) is 4.68. The number of halogens is 1. The minimum Gasteiger partial charge on any atom is -0.337 e. The molecule has 5 nitrogen and oxygen atoms in total. The van der Waals surface area contributed by atoms with E-state index in [0.29, 0.717) is 0 Å². The van der Waals surface area contributed by atoms with Gasteiger partial charge in [-0.1, -0.05) is 23.7 Å². The number of sulfone groups is 1. The van der Waals surface area contributed by atoms with Crippen molar-refractivity contribution < 1.29 is 8.42 Å². The Balaban J connectivity index is 2.74. The number of hydrogen-bond donors (Lipinski definition) is 2. The molecule has 0 aliphatic heterocycles. The van der Waals surface area contributed by atoms with Gasteiger partial charge in [-0.15, -0.1) is 0 Å². The van der Waals surface area contributed by atoms with Crippen molar-refractivity contribution in [1.82, 2.24) is 9.97 Å². The van der Waals surface area contributed by atoms with E-state index in [1.54, 1.807) is 6.07 Å². The molecule has 0 aliphatic carbocycles. The summed E-state index contributed by atoms with van der Waals surface area (Å²) in [6.07, 6.45) is 1.06. The van der Waals surface area contributed by atoms with E-state index in [9.17, 15) is 13.2 Å². The van der Waals surface area contributed by atoms with Crippen molar-refractivity contribution in [2.45, 2.75) is 9.79 Å². The highest BCUT2D eigenvalue weighted by atomic mass is 35.5. The van der Waals surface area contributed by atoms with E-state index < -0.39 is 20.3 Å². The Hall–Kier alpha value is -1.44. The summed E-state index contributed by atoms with van der Waals surface area (Å²) in [5.41, 5.74) is -0.779. The Morgan fingerprint density at radius 1 is 1.17 bits per heavy atom. The zero-order chi connectivity index (χ0) is 13.3. The number of nitrogens with one attached hydrogen (secondary N) is 2. The van der Waals surface area contributed by atoms with Crippen molar-refractivity contribution in [2.24, 2.45) is 0 Å². The van der Waals surface area contributed by atoms with E-state index >= 15 is 0 Å². The average molecular weight is 303 g/mol. The Morgan fingerprint density at radius 3 is 2.44 bits per heavy atom. The fourth-order valence-electron chi connectivity index (χ4n) is 1.38. The third-order valence-electron chi connectivity index (χ3n) is 2.20. The minimum atomic E-state index is -3.97. The van der Waals surface area contributed by atoms with Gasteiger partial charge in [0, 0.05) is 6.20 Å². The molecule has 0 radical (unpaired) electrons. The number of rotatable bonds is 2. The van der Waals surface area contributed by atoms with Crippen LogP contribution >= 0.6 is 23.8 Å². The van der Waals surface area contributed by atoms with Crippen LogP contribution in [0.2, 0.25) is 5.02 Å². The maximum Gasteiger partial charge on any atom is 0.270 e. The fourth-order valence-corrected chi connectivity index (χ4v) is 3.30. The molecule has 0 aliphatic rings. The van der Waals surface area contributed by atoms with Crippen LogP contribution in [0.5, 0.6) is 0 Å². The quantitative estimate of drug-likeness (QED) is 0.830.